The minimum atomic E-state index is -0.462. The van der Waals surface area contributed by atoms with Gasteiger partial charge >= 0.3 is 0 Å². The third-order valence-electron chi connectivity index (χ3n) is 3.85. The second kappa shape index (κ2) is 6.60. The van der Waals surface area contributed by atoms with Crippen molar-refractivity contribution in [3.63, 3.8) is 0 Å². The standard InChI is InChI=1S/C18H17FN2O2/c19-15-7-3-5-13(11-15)17(22)20-16-8-4-6-14(12-16)18(23)21-9-1-2-10-21/h3-8,11-12H,1-2,9-10H2,(H,20,22). The Labute approximate surface area is 133 Å². The number of benzene rings is 2. The Morgan fingerprint density at radius 1 is 0.957 bits per heavy atom. The highest BCUT2D eigenvalue weighted by Crippen LogP contribution is 2.17. The van der Waals surface area contributed by atoms with Crippen LogP contribution in [-0.4, -0.2) is 29.8 Å². The van der Waals surface area contributed by atoms with Crippen LogP contribution in [-0.2, 0) is 0 Å². The first-order valence-electron chi connectivity index (χ1n) is 7.60. The highest BCUT2D eigenvalue weighted by atomic mass is 19.1. The number of nitrogens with zero attached hydrogens (tertiary/aromatic N) is 1. The fourth-order valence-corrected chi connectivity index (χ4v) is 2.67. The van der Waals surface area contributed by atoms with Crippen molar-refractivity contribution in [2.45, 2.75) is 12.8 Å². The number of likely N-dealkylation sites (tertiary alicyclic amines) is 1. The van der Waals surface area contributed by atoms with Crippen molar-refractivity contribution in [1.29, 1.82) is 0 Å². The molecule has 1 heterocycles. The molecule has 118 valence electrons. The predicted octanol–water partition coefficient (Wildman–Crippen LogP) is 3.31. The molecule has 0 aliphatic carbocycles. The summed E-state index contributed by atoms with van der Waals surface area (Å²) in [5.41, 5.74) is 1.30. The Hall–Kier alpha value is -2.69. The summed E-state index contributed by atoms with van der Waals surface area (Å²) >= 11 is 0. The summed E-state index contributed by atoms with van der Waals surface area (Å²) in [6, 6.07) is 12.3. The Kier molecular flexibility index (Phi) is 4.37. The normalized spacial score (nSPS) is 13.9. The lowest BCUT2D eigenvalue weighted by molar-refractivity contribution is 0.0792. The van der Waals surface area contributed by atoms with E-state index in [9.17, 15) is 14.0 Å². The monoisotopic (exact) mass is 312 g/mol. The van der Waals surface area contributed by atoms with Gasteiger partial charge in [-0.05, 0) is 49.2 Å². The van der Waals surface area contributed by atoms with Crippen LogP contribution in [0.2, 0.25) is 0 Å². The Balaban J connectivity index is 1.74. The third kappa shape index (κ3) is 3.56. The van der Waals surface area contributed by atoms with Crippen LogP contribution < -0.4 is 5.32 Å². The molecule has 0 aromatic heterocycles. The summed E-state index contributed by atoms with van der Waals surface area (Å²) in [5, 5.41) is 2.69. The number of amides is 2. The predicted molar refractivity (Wildman–Crippen MR) is 85.9 cm³/mol. The molecule has 0 saturated carbocycles. The van der Waals surface area contributed by atoms with E-state index in [4.69, 9.17) is 0 Å². The lowest BCUT2D eigenvalue weighted by atomic mass is 10.1. The van der Waals surface area contributed by atoms with E-state index < -0.39 is 11.7 Å². The van der Waals surface area contributed by atoms with E-state index in [2.05, 4.69) is 5.32 Å². The first kappa shape index (κ1) is 15.2. The van der Waals surface area contributed by atoms with Crippen molar-refractivity contribution in [2.75, 3.05) is 18.4 Å². The molecule has 1 aliphatic heterocycles. The number of hydrogen-bond donors (Lipinski definition) is 1. The summed E-state index contributed by atoms with van der Waals surface area (Å²) in [7, 11) is 0. The molecule has 3 rings (SSSR count). The second-order valence-electron chi connectivity index (χ2n) is 5.54. The van der Waals surface area contributed by atoms with Crippen LogP contribution in [0.25, 0.3) is 0 Å². The average Bonchev–Trinajstić information content (AvgIpc) is 3.09. The van der Waals surface area contributed by atoms with E-state index in [1.807, 2.05) is 4.90 Å². The van der Waals surface area contributed by atoms with Gasteiger partial charge in [0.1, 0.15) is 5.82 Å². The molecule has 23 heavy (non-hydrogen) atoms. The van der Waals surface area contributed by atoms with Crippen molar-refractivity contribution < 1.29 is 14.0 Å². The number of hydrogen-bond acceptors (Lipinski definition) is 2. The first-order valence-corrected chi connectivity index (χ1v) is 7.60. The zero-order valence-electron chi connectivity index (χ0n) is 12.6. The molecular weight excluding hydrogens is 295 g/mol. The number of carbonyl (C=O) groups excluding carboxylic acids is 2. The number of halogens is 1. The first-order chi connectivity index (χ1) is 11.1. The summed E-state index contributed by atoms with van der Waals surface area (Å²) in [4.78, 5) is 26.3. The molecule has 1 aliphatic rings. The molecule has 0 bridgehead atoms. The van der Waals surface area contributed by atoms with Crippen LogP contribution in [0, 0.1) is 5.82 Å². The minimum Gasteiger partial charge on any atom is -0.339 e. The van der Waals surface area contributed by atoms with E-state index in [-0.39, 0.29) is 11.5 Å². The molecule has 4 nitrogen and oxygen atoms in total. The quantitative estimate of drug-likeness (QED) is 0.945. The molecule has 0 spiro atoms. The van der Waals surface area contributed by atoms with Crippen molar-refractivity contribution in [2.24, 2.45) is 0 Å². The second-order valence-corrected chi connectivity index (χ2v) is 5.54. The van der Waals surface area contributed by atoms with Gasteiger partial charge in [0.05, 0.1) is 0 Å². The lowest BCUT2D eigenvalue weighted by Crippen LogP contribution is -2.27. The average molecular weight is 312 g/mol. The van der Waals surface area contributed by atoms with Gasteiger partial charge in [0, 0.05) is 29.9 Å². The van der Waals surface area contributed by atoms with Gasteiger partial charge in [-0.3, -0.25) is 9.59 Å². The molecule has 0 atom stereocenters. The highest BCUT2D eigenvalue weighted by Gasteiger charge is 2.19. The fraction of sp³-hybridized carbons (Fsp3) is 0.222. The van der Waals surface area contributed by atoms with E-state index in [1.54, 1.807) is 24.3 Å². The maximum atomic E-state index is 13.2. The summed E-state index contributed by atoms with van der Waals surface area (Å²) in [6.45, 7) is 1.55. The van der Waals surface area contributed by atoms with Gasteiger partial charge in [-0.2, -0.15) is 0 Å². The van der Waals surface area contributed by atoms with Crippen molar-refractivity contribution >= 4 is 17.5 Å². The molecular formula is C18H17FN2O2. The van der Waals surface area contributed by atoms with E-state index in [0.29, 0.717) is 11.3 Å². The van der Waals surface area contributed by atoms with Crippen molar-refractivity contribution in [3.05, 3.63) is 65.5 Å². The summed E-state index contributed by atoms with van der Waals surface area (Å²) in [6.07, 6.45) is 2.06. The van der Waals surface area contributed by atoms with Gasteiger partial charge in [-0.25, -0.2) is 4.39 Å². The Morgan fingerprint density at radius 2 is 1.65 bits per heavy atom. The lowest BCUT2D eigenvalue weighted by Gasteiger charge is -2.15. The maximum Gasteiger partial charge on any atom is 0.255 e. The maximum absolute atomic E-state index is 13.2. The smallest absolute Gasteiger partial charge is 0.255 e. The van der Waals surface area contributed by atoms with Crippen LogP contribution in [0.5, 0.6) is 0 Å². The molecule has 2 amide bonds. The Morgan fingerprint density at radius 3 is 2.39 bits per heavy atom. The summed E-state index contributed by atoms with van der Waals surface area (Å²) in [5.74, 6) is -0.893. The van der Waals surface area contributed by atoms with Crippen molar-refractivity contribution in [1.82, 2.24) is 4.90 Å². The minimum absolute atomic E-state index is 0.0237. The third-order valence-corrected chi connectivity index (χ3v) is 3.85. The molecule has 1 N–H and O–H groups in total. The molecule has 2 aromatic carbocycles. The van der Waals surface area contributed by atoms with Gasteiger partial charge in [-0.1, -0.05) is 12.1 Å². The molecule has 2 aromatic rings. The van der Waals surface area contributed by atoms with Crippen LogP contribution >= 0.6 is 0 Å². The Bertz CT molecular complexity index is 739. The molecule has 0 unspecified atom stereocenters. The number of nitrogens with one attached hydrogen (secondary N) is 1. The van der Waals surface area contributed by atoms with Gasteiger partial charge in [-0.15, -0.1) is 0 Å². The van der Waals surface area contributed by atoms with E-state index in [1.165, 1.54) is 24.3 Å². The topological polar surface area (TPSA) is 49.4 Å². The van der Waals surface area contributed by atoms with Crippen LogP contribution in [0.3, 0.4) is 0 Å². The number of anilines is 1. The SMILES string of the molecule is O=C(Nc1cccc(C(=O)N2CCCC2)c1)c1cccc(F)c1. The molecule has 5 heteroatoms. The molecule has 1 saturated heterocycles. The van der Waals surface area contributed by atoms with Gasteiger partial charge in [0.25, 0.3) is 11.8 Å². The molecule has 0 radical (unpaired) electrons. The van der Waals surface area contributed by atoms with Crippen LogP contribution in [0.15, 0.2) is 48.5 Å². The molecule has 1 fully saturated rings. The van der Waals surface area contributed by atoms with Crippen LogP contribution in [0.4, 0.5) is 10.1 Å². The zero-order valence-corrected chi connectivity index (χ0v) is 12.6. The van der Waals surface area contributed by atoms with Gasteiger partial charge in [0.2, 0.25) is 0 Å². The fourth-order valence-electron chi connectivity index (χ4n) is 2.67. The van der Waals surface area contributed by atoms with Crippen LogP contribution in [0.1, 0.15) is 33.6 Å². The zero-order chi connectivity index (χ0) is 16.2. The largest absolute Gasteiger partial charge is 0.339 e. The summed E-state index contributed by atoms with van der Waals surface area (Å²) < 4.78 is 13.2. The van der Waals surface area contributed by atoms with Gasteiger partial charge < -0.3 is 10.2 Å². The van der Waals surface area contributed by atoms with E-state index >= 15 is 0 Å². The van der Waals surface area contributed by atoms with Crippen molar-refractivity contribution in [3.8, 4) is 0 Å². The van der Waals surface area contributed by atoms with E-state index in [0.717, 1.165) is 25.9 Å². The highest BCUT2D eigenvalue weighted by molar-refractivity contribution is 6.05. The number of carbonyl (C=O) groups is 2. The van der Waals surface area contributed by atoms with Gasteiger partial charge in [0.15, 0.2) is 0 Å². The number of rotatable bonds is 3.